The zero-order valence-corrected chi connectivity index (χ0v) is 12.2. The minimum atomic E-state index is 0.274. The number of nitrogen functional groups attached to an aromatic ring is 1. The Hall–Kier alpha value is -2.50. The number of hydrogen-bond donors (Lipinski definition) is 1. The van der Waals surface area contributed by atoms with E-state index in [1.54, 1.807) is 12.1 Å². The zero-order valence-electron chi connectivity index (χ0n) is 12.2. The Labute approximate surface area is 123 Å². The van der Waals surface area contributed by atoms with Gasteiger partial charge < -0.3 is 19.9 Å². The van der Waals surface area contributed by atoms with E-state index in [-0.39, 0.29) is 11.6 Å². The summed E-state index contributed by atoms with van der Waals surface area (Å²) < 4.78 is 16.5. The van der Waals surface area contributed by atoms with Gasteiger partial charge in [0, 0.05) is 0 Å². The molecule has 2 aromatic rings. The van der Waals surface area contributed by atoms with Crippen molar-refractivity contribution < 1.29 is 14.2 Å². The van der Waals surface area contributed by atoms with Crippen LogP contribution in [0.5, 0.6) is 23.3 Å². The molecule has 6 heteroatoms. The van der Waals surface area contributed by atoms with Gasteiger partial charge in [0.25, 0.3) is 0 Å². The van der Waals surface area contributed by atoms with Crippen molar-refractivity contribution in [1.29, 1.82) is 0 Å². The fourth-order valence-corrected chi connectivity index (χ4v) is 1.63. The summed E-state index contributed by atoms with van der Waals surface area (Å²) in [4.78, 5) is 7.98. The molecular formula is C15H19N3O3. The second-order valence-electron chi connectivity index (χ2n) is 4.25. The molecule has 0 aliphatic carbocycles. The predicted octanol–water partition coefficient (Wildman–Crippen LogP) is 3.04. The average molecular weight is 289 g/mol. The fraction of sp³-hybridized carbons (Fsp3) is 0.333. The van der Waals surface area contributed by atoms with Gasteiger partial charge in [0.15, 0.2) is 5.69 Å². The lowest BCUT2D eigenvalue weighted by Crippen LogP contribution is -2.03. The Morgan fingerprint density at radius 2 is 1.62 bits per heavy atom. The molecule has 21 heavy (non-hydrogen) atoms. The summed E-state index contributed by atoms with van der Waals surface area (Å²) in [7, 11) is 0. The number of hydrogen-bond acceptors (Lipinski definition) is 6. The van der Waals surface area contributed by atoms with Gasteiger partial charge in [-0.25, -0.2) is 0 Å². The van der Waals surface area contributed by atoms with Crippen LogP contribution >= 0.6 is 0 Å². The van der Waals surface area contributed by atoms with Crippen molar-refractivity contribution in [2.24, 2.45) is 0 Å². The Kier molecular flexibility index (Phi) is 5.20. The molecule has 1 aromatic heterocycles. The lowest BCUT2D eigenvalue weighted by Gasteiger charge is -2.10. The van der Waals surface area contributed by atoms with Crippen LogP contribution in [-0.4, -0.2) is 23.2 Å². The van der Waals surface area contributed by atoms with E-state index in [2.05, 4.69) is 16.9 Å². The summed E-state index contributed by atoms with van der Waals surface area (Å²) in [5.41, 5.74) is 6.20. The van der Waals surface area contributed by atoms with Crippen LogP contribution < -0.4 is 19.9 Å². The predicted molar refractivity (Wildman–Crippen MR) is 79.9 cm³/mol. The van der Waals surface area contributed by atoms with Gasteiger partial charge in [0.2, 0.25) is 11.8 Å². The highest BCUT2D eigenvalue weighted by atomic mass is 16.5. The first-order valence-electron chi connectivity index (χ1n) is 6.88. The number of anilines is 1. The highest BCUT2D eigenvalue weighted by Crippen LogP contribution is 2.31. The standard InChI is InChI=1S/C15H19N3O3/c1-3-9-20-11-5-7-12(8-6-11)21-15-13(16)14(19-4-2)17-10-18-15/h5-8,10H,3-4,9,16H2,1-2H3. The number of nitrogens with two attached hydrogens (primary N) is 1. The monoisotopic (exact) mass is 289 g/mol. The SMILES string of the molecule is CCCOc1ccc(Oc2ncnc(OCC)c2N)cc1. The molecule has 1 heterocycles. The molecule has 0 unspecified atom stereocenters. The van der Waals surface area contributed by atoms with Gasteiger partial charge in [0.1, 0.15) is 17.8 Å². The molecule has 0 amide bonds. The van der Waals surface area contributed by atoms with E-state index in [1.165, 1.54) is 6.33 Å². The third-order valence-electron chi connectivity index (χ3n) is 2.60. The largest absolute Gasteiger partial charge is 0.494 e. The van der Waals surface area contributed by atoms with Crippen LogP contribution in [0.25, 0.3) is 0 Å². The molecule has 0 bridgehead atoms. The first-order valence-corrected chi connectivity index (χ1v) is 6.88. The number of rotatable bonds is 7. The van der Waals surface area contributed by atoms with Crippen LogP contribution in [0, 0.1) is 0 Å². The molecule has 0 radical (unpaired) electrons. The second kappa shape index (κ2) is 7.33. The van der Waals surface area contributed by atoms with E-state index in [4.69, 9.17) is 19.9 Å². The maximum absolute atomic E-state index is 5.91. The van der Waals surface area contributed by atoms with Crippen LogP contribution in [0.15, 0.2) is 30.6 Å². The molecule has 0 saturated heterocycles. The van der Waals surface area contributed by atoms with E-state index in [9.17, 15) is 0 Å². The molecule has 0 spiro atoms. The van der Waals surface area contributed by atoms with Gasteiger partial charge in [-0.05, 0) is 37.6 Å². The van der Waals surface area contributed by atoms with Crippen molar-refractivity contribution in [3.05, 3.63) is 30.6 Å². The Balaban J connectivity index is 2.09. The lowest BCUT2D eigenvalue weighted by molar-refractivity contribution is 0.316. The van der Waals surface area contributed by atoms with E-state index >= 15 is 0 Å². The number of aromatic nitrogens is 2. The van der Waals surface area contributed by atoms with Crippen molar-refractivity contribution in [3.8, 4) is 23.3 Å². The molecule has 0 atom stereocenters. The topological polar surface area (TPSA) is 79.5 Å². The molecule has 0 fully saturated rings. The molecular weight excluding hydrogens is 270 g/mol. The third kappa shape index (κ3) is 3.98. The molecule has 0 saturated carbocycles. The van der Waals surface area contributed by atoms with Crippen molar-refractivity contribution in [2.45, 2.75) is 20.3 Å². The smallest absolute Gasteiger partial charge is 0.249 e. The van der Waals surface area contributed by atoms with Crippen molar-refractivity contribution in [3.63, 3.8) is 0 Å². The van der Waals surface area contributed by atoms with Gasteiger partial charge in [-0.1, -0.05) is 6.92 Å². The summed E-state index contributed by atoms with van der Waals surface area (Å²) in [6, 6.07) is 7.28. The Bertz CT molecular complexity index is 573. The van der Waals surface area contributed by atoms with Crippen molar-refractivity contribution in [1.82, 2.24) is 9.97 Å². The summed E-state index contributed by atoms with van der Waals surface area (Å²) in [6.45, 7) is 5.09. The first-order chi connectivity index (χ1) is 10.2. The Morgan fingerprint density at radius 1 is 0.952 bits per heavy atom. The summed E-state index contributed by atoms with van der Waals surface area (Å²) in [5.74, 6) is 2.02. The second-order valence-corrected chi connectivity index (χ2v) is 4.25. The molecule has 2 rings (SSSR count). The summed E-state index contributed by atoms with van der Waals surface area (Å²) in [6.07, 6.45) is 2.32. The maximum atomic E-state index is 5.91. The highest BCUT2D eigenvalue weighted by Gasteiger charge is 2.11. The normalized spacial score (nSPS) is 10.2. The molecule has 2 N–H and O–H groups in total. The van der Waals surface area contributed by atoms with Crippen molar-refractivity contribution >= 4 is 5.69 Å². The highest BCUT2D eigenvalue weighted by molar-refractivity contribution is 5.56. The van der Waals surface area contributed by atoms with Gasteiger partial charge in [0.05, 0.1) is 13.2 Å². The molecule has 112 valence electrons. The lowest BCUT2D eigenvalue weighted by atomic mass is 10.3. The molecule has 0 aliphatic heterocycles. The molecule has 1 aromatic carbocycles. The first kappa shape index (κ1) is 14.9. The number of ether oxygens (including phenoxy) is 3. The van der Waals surface area contributed by atoms with Crippen LogP contribution in [0.4, 0.5) is 5.69 Å². The van der Waals surface area contributed by atoms with E-state index in [0.29, 0.717) is 24.8 Å². The average Bonchev–Trinajstić information content (AvgIpc) is 2.51. The zero-order chi connectivity index (χ0) is 15.1. The van der Waals surface area contributed by atoms with Crippen LogP contribution in [-0.2, 0) is 0 Å². The third-order valence-corrected chi connectivity index (χ3v) is 2.60. The molecule has 6 nitrogen and oxygen atoms in total. The number of nitrogens with zero attached hydrogens (tertiary/aromatic N) is 2. The number of benzene rings is 1. The van der Waals surface area contributed by atoms with Crippen molar-refractivity contribution in [2.75, 3.05) is 18.9 Å². The van der Waals surface area contributed by atoms with Gasteiger partial charge in [-0.3, -0.25) is 0 Å². The van der Waals surface area contributed by atoms with E-state index in [0.717, 1.165) is 12.2 Å². The quantitative estimate of drug-likeness (QED) is 0.844. The minimum absolute atomic E-state index is 0.274. The maximum Gasteiger partial charge on any atom is 0.249 e. The van der Waals surface area contributed by atoms with Crippen LogP contribution in [0.1, 0.15) is 20.3 Å². The van der Waals surface area contributed by atoms with Crippen LogP contribution in [0.2, 0.25) is 0 Å². The molecule has 0 aliphatic rings. The van der Waals surface area contributed by atoms with Gasteiger partial charge >= 0.3 is 0 Å². The Morgan fingerprint density at radius 3 is 2.29 bits per heavy atom. The summed E-state index contributed by atoms with van der Waals surface area (Å²) in [5, 5.41) is 0. The van der Waals surface area contributed by atoms with Gasteiger partial charge in [-0.15, -0.1) is 0 Å². The van der Waals surface area contributed by atoms with Gasteiger partial charge in [-0.2, -0.15) is 9.97 Å². The fourth-order valence-electron chi connectivity index (χ4n) is 1.63. The van der Waals surface area contributed by atoms with E-state index < -0.39 is 0 Å². The minimum Gasteiger partial charge on any atom is -0.494 e. The summed E-state index contributed by atoms with van der Waals surface area (Å²) >= 11 is 0. The van der Waals surface area contributed by atoms with E-state index in [1.807, 2.05) is 19.1 Å². The van der Waals surface area contributed by atoms with Crippen LogP contribution in [0.3, 0.4) is 0 Å².